The van der Waals surface area contributed by atoms with Gasteiger partial charge in [0.25, 0.3) is 0 Å². The van der Waals surface area contributed by atoms with Gasteiger partial charge in [0.2, 0.25) is 5.91 Å². The van der Waals surface area contributed by atoms with Gasteiger partial charge >= 0.3 is 6.18 Å². The predicted octanol–water partition coefficient (Wildman–Crippen LogP) is 7.00. The number of H-pyrrole nitrogens is 1. The largest absolute Gasteiger partial charge is 0.494 e. The summed E-state index contributed by atoms with van der Waals surface area (Å²) in [7, 11) is 0. The molecule has 0 spiro atoms. The van der Waals surface area contributed by atoms with Crippen LogP contribution < -0.4 is 10.1 Å². The molecule has 0 saturated heterocycles. The van der Waals surface area contributed by atoms with E-state index in [1.54, 1.807) is 30.5 Å². The number of carbonyl (C=O) groups excluding carboxylic acids is 1. The van der Waals surface area contributed by atoms with Gasteiger partial charge in [0.15, 0.2) is 0 Å². The minimum atomic E-state index is -4.42. The molecule has 4 aromatic rings. The number of hydrogen-bond donors (Lipinski definition) is 2. The fourth-order valence-electron chi connectivity index (χ4n) is 3.63. The van der Waals surface area contributed by atoms with E-state index < -0.39 is 11.7 Å². The van der Waals surface area contributed by atoms with Crippen molar-refractivity contribution in [1.82, 2.24) is 10.2 Å². The molecule has 0 radical (unpaired) electrons. The molecule has 5 nitrogen and oxygen atoms in total. The van der Waals surface area contributed by atoms with Gasteiger partial charge in [0, 0.05) is 11.5 Å². The summed E-state index contributed by atoms with van der Waals surface area (Å²) in [5.41, 5.74) is 2.70. The van der Waals surface area contributed by atoms with Crippen LogP contribution in [0.4, 0.5) is 18.9 Å². The van der Waals surface area contributed by atoms with Crippen molar-refractivity contribution in [3.63, 3.8) is 0 Å². The van der Waals surface area contributed by atoms with Gasteiger partial charge in [-0.05, 0) is 59.5 Å². The van der Waals surface area contributed by atoms with Crippen LogP contribution in [-0.2, 0) is 11.0 Å². The average Bonchev–Trinajstić information content (AvgIpc) is 3.36. The Morgan fingerprint density at radius 2 is 1.72 bits per heavy atom. The summed E-state index contributed by atoms with van der Waals surface area (Å²) < 4.78 is 44.8. The van der Waals surface area contributed by atoms with Crippen LogP contribution in [0.25, 0.3) is 16.5 Å². The Balaban J connectivity index is 1.59. The first-order valence-corrected chi connectivity index (χ1v) is 11.4. The van der Waals surface area contributed by atoms with Crippen LogP contribution in [0.1, 0.15) is 30.0 Å². The summed E-state index contributed by atoms with van der Waals surface area (Å²) in [5, 5.41) is 10.4. The van der Waals surface area contributed by atoms with Crippen molar-refractivity contribution in [3.8, 4) is 5.75 Å². The maximum atomic E-state index is 13.0. The first-order chi connectivity index (χ1) is 17.3. The van der Waals surface area contributed by atoms with E-state index in [0.29, 0.717) is 29.2 Å². The van der Waals surface area contributed by atoms with Gasteiger partial charge in [-0.1, -0.05) is 49.4 Å². The van der Waals surface area contributed by atoms with Crippen LogP contribution in [0.3, 0.4) is 0 Å². The molecule has 1 amide bonds. The van der Waals surface area contributed by atoms with Gasteiger partial charge in [-0.2, -0.15) is 18.3 Å². The number of aromatic nitrogens is 2. The minimum Gasteiger partial charge on any atom is -0.494 e. The lowest BCUT2D eigenvalue weighted by Crippen LogP contribution is -2.07. The normalized spacial score (nSPS) is 12.3. The number of carbonyl (C=O) groups is 1. The standard InChI is InChI=1S/C28H24F3N3O2/c1-2-17-36-22-15-11-20(12-16-22)23(19-9-13-21(14-10-19)28(29,30)31)5-3-8-27(35)33-25-6-4-7-26-24(25)18-32-34-26/h3-16,18H,2,17H2,1H3,(H,32,34)(H,33,35). The number of nitrogens with one attached hydrogen (secondary N) is 2. The number of nitrogens with zero attached hydrogens (tertiary/aromatic N) is 1. The van der Waals surface area contributed by atoms with Crippen molar-refractivity contribution in [2.24, 2.45) is 0 Å². The Morgan fingerprint density at radius 3 is 2.39 bits per heavy atom. The second-order valence-electron chi connectivity index (χ2n) is 8.01. The number of amides is 1. The first kappa shape index (κ1) is 24.8. The van der Waals surface area contributed by atoms with Gasteiger partial charge < -0.3 is 10.1 Å². The zero-order valence-electron chi connectivity index (χ0n) is 19.5. The van der Waals surface area contributed by atoms with E-state index in [2.05, 4.69) is 15.5 Å². The van der Waals surface area contributed by atoms with Crippen molar-refractivity contribution >= 4 is 28.1 Å². The van der Waals surface area contributed by atoms with Crippen molar-refractivity contribution in [2.45, 2.75) is 19.5 Å². The van der Waals surface area contributed by atoms with Crippen molar-refractivity contribution < 1.29 is 22.7 Å². The van der Waals surface area contributed by atoms with Gasteiger partial charge in [0.05, 0.1) is 29.6 Å². The van der Waals surface area contributed by atoms with E-state index >= 15 is 0 Å². The van der Waals surface area contributed by atoms with E-state index in [4.69, 9.17) is 4.74 Å². The van der Waals surface area contributed by atoms with E-state index in [-0.39, 0.29) is 5.91 Å². The van der Waals surface area contributed by atoms with Crippen LogP contribution in [-0.4, -0.2) is 22.7 Å². The number of halogens is 3. The Kier molecular flexibility index (Phi) is 7.53. The predicted molar refractivity (Wildman–Crippen MR) is 135 cm³/mol. The van der Waals surface area contributed by atoms with E-state index in [0.717, 1.165) is 35.0 Å². The highest BCUT2D eigenvalue weighted by atomic mass is 19.4. The average molecular weight is 492 g/mol. The topological polar surface area (TPSA) is 67.0 Å². The second kappa shape index (κ2) is 10.9. The number of benzene rings is 3. The lowest BCUT2D eigenvalue weighted by Gasteiger charge is -2.12. The van der Waals surface area contributed by atoms with Gasteiger partial charge in [-0.3, -0.25) is 9.89 Å². The summed E-state index contributed by atoms with van der Waals surface area (Å²) in [5.74, 6) is 0.353. The zero-order valence-corrected chi connectivity index (χ0v) is 19.5. The third-order valence-electron chi connectivity index (χ3n) is 5.41. The molecule has 0 atom stereocenters. The maximum Gasteiger partial charge on any atom is 0.416 e. The first-order valence-electron chi connectivity index (χ1n) is 11.4. The molecule has 0 bridgehead atoms. The Labute approximate surface area is 206 Å². The lowest BCUT2D eigenvalue weighted by atomic mass is 9.96. The van der Waals surface area contributed by atoms with Crippen LogP contribution in [0, 0.1) is 0 Å². The van der Waals surface area contributed by atoms with E-state index in [9.17, 15) is 18.0 Å². The number of aromatic amines is 1. The Morgan fingerprint density at radius 1 is 1.03 bits per heavy atom. The number of ether oxygens (including phenoxy) is 1. The van der Waals surface area contributed by atoms with Crippen molar-refractivity contribution in [2.75, 3.05) is 11.9 Å². The fraction of sp³-hybridized carbons (Fsp3) is 0.143. The summed E-state index contributed by atoms with van der Waals surface area (Å²) in [6.45, 7) is 2.60. The SMILES string of the molecule is CCCOc1ccc(C(=CC=CC(=O)Nc2cccc3[nH]ncc23)c2ccc(C(F)(F)F)cc2)cc1. The van der Waals surface area contributed by atoms with Crippen LogP contribution in [0.5, 0.6) is 5.75 Å². The molecule has 1 heterocycles. The monoisotopic (exact) mass is 491 g/mol. The molecule has 0 aliphatic carbocycles. The van der Waals surface area contributed by atoms with E-state index in [1.165, 1.54) is 18.2 Å². The number of anilines is 1. The third-order valence-corrected chi connectivity index (χ3v) is 5.41. The number of alkyl halides is 3. The minimum absolute atomic E-state index is 0.352. The summed E-state index contributed by atoms with van der Waals surface area (Å²) >= 11 is 0. The summed E-state index contributed by atoms with van der Waals surface area (Å²) in [6, 6.07) is 17.7. The molecule has 0 unspecified atom stereocenters. The van der Waals surface area contributed by atoms with Crippen LogP contribution in [0.15, 0.2) is 91.2 Å². The smallest absolute Gasteiger partial charge is 0.416 e. The molecule has 0 fully saturated rings. The number of allylic oxidation sites excluding steroid dienone is 2. The Bertz CT molecular complexity index is 1390. The molecule has 0 saturated carbocycles. The summed E-state index contributed by atoms with van der Waals surface area (Å²) in [6.07, 6.45) is 2.71. The van der Waals surface area contributed by atoms with Gasteiger partial charge in [-0.15, -0.1) is 0 Å². The van der Waals surface area contributed by atoms with Gasteiger partial charge in [0.1, 0.15) is 5.75 Å². The summed E-state index contributed by atoms with van der Waals surface area (Å²) in [4.78, 5) is 12.5. The number of rotatable bonds is 8. The third kappa shape index (κ3) is 6.02. The molecule has 1 aromatic heterocycles. The number of fused-ring (bicyclic) bond motifs is 1. The van der Waals surface area contributed by atoms with Crippen LogP contribution in [0.2, 0.25) is 0 Å². The van der Waals surface area contributed by atoms with E-state index in [1.807, 2.05) is 37.3 Å². The Hall–Kier alpha value is -4.33. The molecular weight excluding hydrogens is 467 g/mol. The number of hydrogen-bond acceptors (Lipinski definition) is 3. The van der Waals surface area contributed by atoms with Crippen molar-refractivity contribution in [1.29, 1.82) is 0 Å². The molecule has 0 aliphatic heterocycles. The van der Waals surface area contributed by atoms with Crippen molar-refractivity contribution in [3.05, 3.63) is 108 Å². The highest BCUT2D eigenvalue weighted by Crippen LogP contribution is 2.32. The maximum absolute atomic E-state index is 13.0. The molecule has 0 aliphatic rings. The highest BCUT2D eigenvalue weighted by molar-refractivity contribution is 6.05. The quantitative estimate of drug-likeness (QED) is 0.206. The highest BCUT2D eigenvalue weighted by Gasteiger charge is 2.30. The molecule has 36 heavy (non-hydrogen) atoms. The van der Waals surface area contributed by atoms with Crippen LogP contribution >= 0.6 is 0 Å². The molecule has 4 rings (SSSR count). The lowest BCUT2D eigenvalue weighted by molar-refractivity contribution is -0.137. The second-order valence-corrected chi connectivity index (χ2v) is 8.01. The molecule has 3 aromatic carbocycles. The molecule has 2 N–H and O–H groups in total. The molecular formula is C28H24F3N3O2. The van der Waals surface area contributed by atoms with Gasteiger partial charge in [-0.25, -0.2) is 0 Å². The molecule has 184 valence electrons. The zero-order chi connectivity index (χ0) is 25.5. The molecule has 8 heteroatoms. The fourth-order valence-corrected chi connectivity index (χ4v) is 3.63.